The standard InChI is InChI=1S/C25H33N7O3S/c1-4-10-36-25-28-22(27-17-11-15(17)14-8-6-13(3)7-9-14)19-23(29-25)32(31-30-19)18-12-16(20(33)21(18)34)24(35)26-5-2/h6-9,15-18,20-21,33-34H,4-5,10-12H2,1-3H3,(H,26,35)(H,27,28,29). The zero-order chi connectivity index (χ0) is 25.4. The van der Waals surface area contributed by atoms with Crippen LogP contribution in [0.25, 0.3) is 11.2 Å². The fourth-order valence-electron chi connectivity index (χ4n) is 4.92. The topological polar surface area (TPSA) is 138 Å². The third kappa shape index (κ3) is 4.79. The minimum absolute atomic E-state index is 0.237. The lowest BCUT2D eigenvalue weighted by Crippen LogP contribution is -2.38. The van der Waals surface area contributed by atoms with E-state index in [0.717, 1.165) is 18.6 Å². The van der Waals surface area contributed by atoms with Crippen LogP contribution in [-0.2, 0) is 4.79 Å². The molecule has 2 heterocycles. The summed E-state index contributed by atoms with van der Waals surface area (Å²) in [7, 11) is 0. The number of nitrogens with one attached hydrogen (secondary N) is 2. The van der Waals surface area contributed by atoms with Crippen LogP contribution in [0.3, 0.4) is 0 Å². The summed E-state index contributed by atoms with van der Waals surface area (Å²) >= 11 is 1.56. The second-order valence-corrected chi connectivity index (χ2v) is 10.8. The number of rotatable bonds is 9. The van der Waals surface area contributed by atoms with E-state index in [-0.39, 0.29) is 18.4 Å². The largest absolute Gasteiger partial charge is 0.390 e. The molecule has 3 aromatic rings. The first-order valence-electron chi connectivity index (χ1n) is 12.6. The van der Waals surface area contributed by atoms with E-state index in [1.807, 2.05) is 6.92 Å². The van der Waals surface area contributed by atoms with E-state index in [9.17, 15) is 15.0 Å². The van der Waals surface area contributed by atoms with Crippen molar-refractivity contribution in [3.05, 3.63) is 35.4 Å². The van der Waals surface area contributed by atoms with E-state index >= 15 is 0 Å². The molecule has 2 saturated carbocycles. The smallest absolute Gasteiger partial charge is 0.225 e. The number of aliphatic hydroxyl groups excluding tert-OH is 2. The van der Waals surface area contributed by atoms with Crippen molar-refractivity contribution in [3.8, 4) is 0 Å². The SMILES string of the molecule is CCCSc1nc(NC2CC2c2ccc(C)cc2)c2nnn(C3CC(C(=O)NCC)C(O)C3O)c2n1. The van der Waals surface area contributed by atoms with Crippen LogP contribution in [0.4, 0.5) is 5.82 Å². The Bertz CT molecular complexity index is 1230. The third-order valence-corrected chi connectivity index (χ3v) is 8.06. The van der Waals surface area contributed by atoms with E-state index in [2.05, 4.69) is 59.1 Å². The predicted octanol–water partition coefficient (Wildman–Crippen LogP) is 2.42. The lowest BCUT2D eigenvalue weighted by molar-refractivity contribution is -0.128. The minimum atomic E-state index is -1.18. The van der Waals surface area contributed by atoms with E-state index in [4.69, 9.17) is 9.97 Å². The number of anilines is 1. The van der Waals surface area contributed by atoms with E-state index in [0.29, 0.717) is 34.6 Å². The number of carbonyl (C=O) groups excluding carboxylic acids is 1. The Kier molecular flexibility index (Phi) is 7.14. The van der Waals surface area contributed by atoms with Gasteiger partial charge in [-0.3, -0.25) is 4.79 Å². The molecule has 10 nitrogen and oxygen atoms in total. The van der Waals surface area contributed by atoms with Crippen molar-refractivity contribution in [3.63, 3.8) is 0 Å². The molecular weight excluding hydrogens is 478 g/mol. The van der Waals surface area contributed by atoms with Crippen LogP contribution in [0, 0.1) is 12.8 Å². The number of hydrogen-bond acceptors (Lipinski definition) is 9. The number of fused-ring (bicyclic) bond motifs is 1. The summed E-state index contributed by atoms with van der Waals surface area (Å²) in [5.74, 6) is 0.897. The third-order valence-electron chi connectivity index (χ3n) is 7.01. The summed E-state index contributed by atoms with van der Waals surface area (Å²) in [4.78, 5) is 21.9. The Hall–Kier alpha value is -2.76. The maximum atomic E-state index is 12.4. The molecule has 0 aliphatic heterocycles. The zero-order valence-electron chi connectivity index (χ0n) is 20.8. The second-order valence-electron chi connectivity index (χ2n) is 9.70. The fourth-order valence-corrected chi connectivity index (χ4v) is 5.61. The molecule has 0 radical (unpaired) electrons. The van der Waals surface area contributed by atoms with Gasteiger partial charge in [0.25, 0.3) is 0 Å². The van der Waals surface area contributed by atoms with Gasteiger partial charge in [-0.05, 0) is 38.7 Å². The monoisotopic (exact) mass is 511 g/mol. The number of amides is 1. The van der Waals surface area contributed by atoms with Gasteiger partial charge < -0.3 is 20.8 Å². The molecule has 192 valence electrons. The molecule has 5 rings (SSSR count). The molecule has 2 fully saturated rings. The quantitative estimate of drug-likeness (QED) is 0.252. The van der Waals surface area contributed by atoms with E-state index < -0.39 is 24.2 Å². The molecule has 4 N–H and O–H groups in total. The first-order chi connectivity index (χ1) is 17.4. The molecule has 6 unspecified atom stereocenters. The second kappa shape index (κ2) is 10.3. The molecule has 2 aromatic heterocycles. The maximum absolute atomic E-state index is 12.4. The molecule has 1 amide bonds. The Labute approximate surface area is 214 Å². The van der Waals surface area contributed by atoms with Crippen LogP contribution in [-0.4, -0.2) is 71.6 Å². The normalized spacial score (nSPS) is 27.4. The molecular formula is C25H33N7O3S. The summed E-state index contributed by atoms with van der Waals surface area (Å²) in [6, 6.07) is 8.23. The van der Waals surface area contributed by atoms with Gasteiger partial charge in [-0.1, -0.05) is 53.7 Å². The lowest BCUT2D eigenvalue weighted by Gasteiger charge is -2.17. The first-order valence-corrected chi connectivity index (χ1v) is 13.6. The van der Waals surface area contributed by atoms with Crippen molar-refractivity contribution in [1.82, 2.24) is 30.3 Å². The average molecular weight is 512 g/mol. The van der Waals surface area contributed by atoms with Crippen LogP contribution in [0.1, 0.15) is 56.2 Å². The summed E-state index contributed by atoms with van der Waals surface area (Å²) in [5, 5.41) is 37.0. The van der Waals surface area contributed by atoms with E-state index in [1.54, 1.807) is 16.4 Å². The summed E-state index contributed by atoms with van der Waals surface area (Å²) in [6.07, 6.45) is -0.117. The Morgan fingerprint density at radius 2 is 1.92 bits per heavy atom. The summed E-state index contributed by atoms with van der Waals surface area (Å²) in [6.45, 7) is 6.47. The van der Waals surface area contributed by atoms with Crippen molar-refractivity contribution < 1.29 is 15.0 Å². The van der Waals surface area contributed by atoms with Gasteiger partial charge in [-0.25, -0.2) is 14.6 Å². The Balaban J connectivity index is 1.44. The van der Waals surface area contributed by atoms with Crippen molar-refractivity contribution in [2.75, 3.05) is 17.6 Å². The molecule has 2 aliphatic carbocycles. The van der Waals surface area contributed by atoms with Crippen molar-refractivity contribution in [2.24, 2.45) is 5.92 Å². The molecule has 0 bridgehead atoms. The number of carbonyl (C=O) groups is 1. The molecule has 11 heteroatoms. The van der Waals surface area contributed by atoms with Gasteiger partial charge in [0.2, 0.25) is 5.91 Å². The highest BCUT2D eigenvalue weighted by Gasteiger charge is 2.47. The van der Waals surface area contributed by atoms with Crippen LogP contribution < -0.4 is 10.6 Å². The molecule has 6 atom stereocenters. The maximum Gasteiger partial charge on any atom is 0.225 e. The van der Waals surface area contributed by atoms with Gasteiger partial charge in [-0.2, -0.15) is 0 Å². The highest BCUT2D eigenvalue weighted by Crippen LogP contribution is 2.44. The van der Waals surface area contributed by atoms with Crippen molar-refractivity contribution in [2.45, 2.75) is 75.4 Å². The van der Waals surface area contributed by atoms with Crippen LogP contribution >= 0.6 is 11.8 Å². The Morgan fingerprint density at radius 1 is 1.14 bits per heavy atom. The highest BCUT2D eigenvalue weighted by atomic mass is 32.2. The lowest BCUT2D eigenvalue weighted by atomic mass is 10.0. The van der Waals surface area contributed by atoms with Gasteiger partial charge in [0.15, 0.2) is 22.1 Å². The number of nitrogens with zero attached hydrogens (tertiary/aromatic N) is 5. The first kappa shape index (κ1) is 24.9. The summed E-state index contributed by atoms with van der Waals surface area (Å²) in [5.41, 5.74) is 3.55. The van der Waals surface area contributed by atoms with Crippen LogP contribution in [0.5, 0.6) is 0 Å². The summed E-state index contributed by atoms with van der Waals surface area (Å²) < 4.78 is 1.55. The van der Waals surface area contributed by atoms with Crippen LogP contribution in [0.2, 0.25) is 0 Å². The Morgan fingerprint density at radius 3 is 2.64 bits per heavy atom. The fraction of sp³-hybridized carbons (Fsp3) is 0.560. The van der Waals surface area contributed by atoms with Gasteiger partial charge in [0.05, 0.1) is 18.1 Å². The van der Waals surface area contributed by atoms with Gasteiger partial charge in [0, 0.05) is 24.3 Å². The molecule has 1 aromatic carbocycles. The van der Waals surface area contributed by atoms with Crippen molar-refractivity contribution >= 4 is 34.7 Å². The number of thioether (sulfide) groups is 1. The average Bonchev–Trinajstić information content (AvgIpc) is 3.40. The number of benzene rings is 1. The van der Waals surface area contributed by atoms with Gasteiger partial charge in [-0.15, -0.1) is 5.10 Å². The number of aromatic nitrogens is 5. The molecule has 0 spiro atoms. The van der Waals surface area contributed by atoms with Gasteiger partial charge in [0.1, 0.15) is 6.10 Å². The molecule has 0 saturated heterocycles. The minimum Gasteiger partial charge on any atom is -0.390 e. The van der Waals surface area contributed by atoms with Crippen LogP contribution in [0.15, 0.2) is 29.4 Å². The van der Waals surface area contributed by atoms with Crippen molar-refractivity contribution in [1.29, 1.82) is 0 Å². The zero-order valence-corrected chi connectivity index (χ0v) is 21.6. The molecule has 2 aliphatic rings. The van der Waals surface area contributed by atoms with E-state index in [1.165, 1.54) is 11.1 Å². The number of hydrogen-bond donors (Lipinski definition) is 4. The molecule has 36 heavy (non-hydrogen) atoms. The predicted molar refractivity (Wildman–Crippen MR) is 138 cm³/mol. The number of aryl methyl sites for hydroxylation is 1. The number of aliphatic hydroxyl groups is 2. The van der Waals surface area contributed by atoms with Gasteiger partial charge >= 0.3 is 0 Å². The highest BCUT2D eigenvalue weighted by molar-refractivity contribution is 7.99.